The van der Waals surface area contributed by atoms with Crippen LogP contribution >= 0.6 is 0 Å². The molecular weight excluding hydrogens is 198 g/mol. The van der Waals surface area contributed by atoms with Gasteiger partial charge in [-0.15, -0.1) is 0 Å². The van der Waals surface area contributed by atoms with Gasteiger partial charge >= 0.3 is 6.98 Å². The zero-order valence-corrected chi connectivity index (χ0v) is 7.63. The first-order valence-corrected chi connectivity index (χ1v) is 3.78. The molecule has 7 heteroatoms. The highest BCUT2D eigenvalue weighted by Gasteiger charge is 2.30. The summed E-state index contributed by atoms with van der Waals surface area (Å²) in [6.07, 6.45) is 0. The van der Waals surface area contributed by atoms with E-state index in [9.17, 15) is 12.9 Å². The lowest BCUT2D eigenvalue weighted by Crippen LogP contribution is -2.35. The number of halogens is 3. The summed E-state index contributed by atoms with van der Waals surface area (Å²) in [5.41, 5.74) is -0.853. The Morgan fingerprint density at radius 3 is 2.21 bits per heavy atom. The lowest BCUT2D eigenvalue weighted by atomic mass is 9.81. The molecule has 0 N–H and O–H groups in total. The second kappa shape index (κ2) is 3.77. The van der Waals surface area contributed by atoms with E-state index in [1.54, 1.807) is 0 Å². The van der Waals surface area contributed by atoms with Crippen LogP contribution in [0.15, 0.2) is 12.1 Å². The van der Waals surface area contributed by atoms with Crippen LogP contribution in [0.2, 0.25) is 0 Å². The van der Waals surface area contributed by atoms with Crippen LogP contribution in [-0.4, -0.2) is 26.2 Å². The standard InChI is InChI=1S/C7H8BF3NO2/c1-13-6-4-3-5(8(9,10)11)7(12-6)14-2/h3-4H,1-2H3/q-1. The maximum Gasteiger partial charge on any atom is 0.514 e. The van der Waals surface area contributed by atoms with Gasteiger partial charge in [0, 0.05) is 0 Å². The summed E-state index contributed by atoms with van der Waals surface area (Å²) in [4.78, 5) is 3.53. The van der Waals surface area contributed by atoms with E-state index in [0.29, 0.717) is 0 Å². The minimum Gasteiger partial charge on any atom is -0.483 e. The fraction of sp³-hybridized carbons (Fsp3) is 0.286. The average molecular weight is 206 g/mol. The number of hydrogen-bond acceptors (Lipinski definition) is 3. The second-order valence-electron chi connectivity index (χ2n) is 2.53. The molecule has 0 saturated carbocycles. The van der Waals surface area contributed by atoms with Crippen molar-refractivity contribution >= 4 is 12.4 Å². The topological polar surface area (TPSA) is 31.4 Å². The molecule has 0 bridgehead atoms. The Kier molecular flexibility index (Phi) is 2.88. The van der Waals surface area contributed by atoms with Gasteiger partial charge < -0.3 is 22.4 Å². The fourth-order valence-corrected chi connectivity index (χ4v) is 0.961. The first-order valence-electron chi connectivity index (χ1n) is 3.78. The smallest absolute Gasteiger partial charge is 0.483 e. The predicted octanol–water partition coefficient (Wildman–Crippen LogP) is 1.15. The first kappa shape index (κ1) is 10.7. The molecule has 0 spiro atoms. The molecule has 0 aliphatic rings. The third kappa shape index (κ3) is 2.10. The van der Waals surface area contributed by atoms with Crippen LogP contribution in [0.3, 0.4) is 0 Å². The van der Waals surface area contributed by atoms with E-state index in [2.05, 4.69) is 14.5 Å². The van der Waals surface area contributed by atoms with Gasteiger partial charge in [-0.1, -0.05) is 6.07 Å². The highest BCUT2D eigenvalue weighted by Crippen LogP contribution is 2.18. The van der Waals surface area contributed by atoms with Crippen LogP contribution in [0, 0.1) is 0 Å². The summed E-state index contributed by atoms with van der Waals surface area (Å²) < 4.78 is 46.3. The van der Waals surface area contributed by atoms with Crippen LogP contribution in [0.25, 0.3) is 0 Å². The molecule has 1 heterocycles. The predicted molar refractivity (Wildman–Crippen MR) is 46.1 cm³/mol. The van der Waals surface area contributed by atoms with Gasteiger partial charge in [0.05, 0.1) is 14.2 Å². The molecular formula is C7H8BF3NO2-. The van der Waals surface area contributed by atoms with E-state index in [1.165, 1.54) is 7.11 Å². The molecule has 0 aromatic carbocycles. The van der Waals surface area contributed by atoms with Crippen LogP contribution in [0.1, 0.15) is 0 Å². The molecule has 0 aliphatic heterocycles. The number of ether oxygens (including phenoxy) is 2. The lowest BCUT2D eigenvalue weighted by molar-refractivity contribution is 0.364. The molecule has 0 aliphatic carbocycles. The quantitative estimate of drug-likeness (QED) is 0.695. The third-order valence-electron chi connectivity index (χ3n) is 1.62. The minimum atomic E-state index is -5.10. The van der Waals surface area contributed by atoms with E-state index in [4.69, 9.17) is 0 Å². The van der Waals surface area contributed by atoms with Gasteiger partial charge in [0.1, 0.15) is 0 Å². The van der Waals surface area contributed by atoms with Crippen molar-refractivity contribution < 1.29 is 22.4 Å². The number of rotatable bonds is 3. The summed E-state index contributed by atoms with van der Waals surface area (Å²) >= 11 is 0. The summed E-state index contributed by atoms with van der Waals surface area (Å²) in [7, 11) is 2.45. The van der Waals surface area contributed by atoms with Gasteiger partial charge in [-0.25, -0.2) is 0 Å². The van der Waals surface area contributed by atoms with E-state index in [1.807, 2.05) is 0 Å². The Hall–Kier alpha value is -1.40. The highest BCUT2D eigenvalue weighted by atomic mass is 19.4. The summed E-state index contributed by atoms with van der Waals surface area (Å²) in [5, 5.41) is 0. The molecule has 0 saturated heterocycles. The number of hydrogen-bond donors (Lipinski definition) is 0. The molecule has 0 fully saturated rings. The zero-order valence-electron chi connectivity index (χ0n) is 7.63. The average Bonchev–Trinajstić information content (AvgIpc) is 2.15. The Balaban J connectivity index is 3.18. The van der Waals surface area contributed by atoms with Crippen LogP contribution in [0.5, 0.6) is 11.8 Å². The monoisotopic (exact) mass is 206 g/mol. The molecule has 0 unspecified atom stereocenters. The SMILES string of the molecule is COc1ccc([B-](F)(F)F)c(OC)n1. The third-order valence-corrected chi connectivity index (χ3v) is 1.62. The van der Waals surface area contributed by atoms with Gasteiger partial charge in [0.2, 0.25) is 5.88 Å². The van der Waals surface area contributed by atoms with Crippen molar-refractivity contribution in [2.45, 2.75) is 0 Å². The Bertz CT molecular complexity index is 329. The maximum atomic E-state index is 12.4. The maximum absolute atomic E-state index is 12.4. The number of aromatic nitrogens is 1. The van der Waals surface area contributed by atoms with Crippen LogP contribution in [0.4, 0.5) is 12.9 Å². The molecule has 3 nitrogen and oxygen atoms in total. The van der Waals surface area contributed by atoms with Crippen molar-refractivity contribution in [3.8, 4) is 11.8 Å². The molecule has 1 aromatic heterocycles. The number of pyridine rings is 1. The van der Waals surface area contributed by atoms with E-state index in [-0.39, 0.29) is 5.88 Å². The van der Waals surface area contributed by atoms with Gasteiger partial charge in [-0.2, -0.15) is 4.98 Å². The van der Waals surface area contributed by atoms with Crippen molar-refractivity contribution in [1.82, 2.24) is 4.98 Å². The van der Waals surface area contributed by atoms with Crippen LogP contribution in [-0.2, 0) is 0 Å². The summed E-state index contributed by atoms with van der Waals surface area (Å²) in [6.45, 7) is -5.10. The van der Waals surface area contributed by atoms with Gasteiger partial charge in [-0.05, 0) is 11.5 Å². The van der Waals surface area contributed by atoms with Gasteiger partial charge in [0.25, 0.3) is 0 Å². The summed E-state index contributed by atoms with van der Waals surface area (Å²) in [5.74, 6) is -0.373. The van der Waals surface area contributed by atoms with E-state index < -0.39 is 18.3 Å². The molecule has 1 aromatic rings. The Morgan fingerprint density at radius 2 is 1.79 bits per heavy atom. The number of methoxy groups -OCH3 is 2. The normalized spacial score (nSPS) is 11.2. The fourth-order valence-electron chi connectivity index (χ4n) is 0.961. The molecule has 1 rings (SSSR count). The second-order valence-corrected chi connectivity index (χ2v) is 2.53. The number of nitrogens with zero attached hydrogens (tertiary/aromatic N) is 1. The minimum absolute atomic E-state index is 0.0886. The zero-order chi connectivity index (χ0) is 10.8. The largest absolute Gasteiger partial charge is 0.514 e. The molecule has 14 heavy (non-hydrogen) atoms. The Morgan fingerprint density at radius 1 is 1.14 bits per heavy atom. The Labute approximate surface area is 78.9 Å². The first-order chi connectivity index (χ1) is 6.49. The highest BCUT2D eigenvalue weighted by molar-refractivity contribution is 6.74. The molecule has 78 valence electrons. The molecule has 0 atom stereocenters. The van der Waals surface area contributed by atoms with E-state index >= 15 is 0 Å². The van der Waals surface area contributed by atoms with Gasteiger partial charge in [0.15, 0.2) is 5.88 Å². The molecule has 0 radical (unpaired) electrons. The van der Waals surface area contributed by atoms with Crippen molar-refractivity contribution in [3.05, 3.63) is 12.1 Å². The van der Waals surface area contributed by atoms with Crippen molar-refractivity contribution in [1.29, 1.82) is 0 Å². The molecule has 0 amide bonds. The van der Waals surface area contributed by atoms with E-state index in [0.717, 1.165) is 19.2 Å². The summed E-state index contributed by atoms with van der Waals surface area (Å²) in [6, 6.07) is 2.04. The van der Waals surface area contributed by atoms with Crippen molar-refractivity contribution in [3.63, 3.8) is 0 Å². The van der Waals surface area contributed by atoms with Crippen molar-refractivity contribution in [2.75, 3.05) is 14.2 Å². The van der Waals surface area contributed by atoms with Crippen LogP contribution < -0.4 is 14.9 Å². The van der Waals surface area contributed by atoms with Crippen molar-refractivity contribution in [2.24, 2.45) is 0 Å². The van der Waals surface area contributed by atoms with Gasteiger partial charge in [-0.3, -0.25) is 0 Å². The lowest BCUT2D eigenvalue weighted by Gasteiger charge is -2.17.